The van der Waals surface area contributed by atoms with Crippen LogP contribution in [0.1, 0.15) is 51.5 Å². The first-order valence-electron chi connectivity index (χ1n) is 8.97. The lowest BCUT2D eigenvalue weighted by Crippen LogP contribution is -2.33. The number of anilines is 1. The van der Waals surface area contributed by atoms with Crippen LogP contribution in [-0.4, -0.2) is 37.0 Å². The molecule has 1 saturated heterocycles. The van der Waals surface area contributed by atoms with Gasteiger partial charge in [-0.15, -0.1) is 24.0 Å². The molecule has 1 fully saturated rings. The number of guanidine groups is 1. The minimum atomic E-state index is 0. The van der Waals surface area contributed by atoms with Gasteiger partial charge in [0, 0.05) is 12.2 Å². The molecule has 0 aliphatic carbocycles. The minimum Gasteiger partial charge on any atom is -0.370 e. The predicted molar refractivity (Wildman–Crippen MR) is 116 cm³/mol. The fraction of sp³-hybridized carbons (Fsp3) is 0.632. The molecule has 3 N–H and O–H groups in total. The molecule has 0 atom stereocenters. The van der Waals surface area contributed by atoms with Crippen molar-refractivity contribution in [1.29, 1.82) is 0 Å². The highest BCUT2D eigenvalue weighted by molar-refractivity contribution is 14.0. The molecule has 0 unspecified atom stereocenters. The van der Waals surface area contributed by atoms with E-state index in [1.54, 1.807) is 0 Å². The molecule has 1 aliphatic rings. The molecule has 1 aromatic carbocycles. The van der Waals surface area contributed by atoms with Gasteiger partial charge in [0.05, 0.1) is 0 Å². The molecule has 0 saturated carbocycles. The number of aliphatic imine (C=N–C) groups is 1. The van der Waals surface area contributed by atoms with Crippen LogP contribution < -0.4 is 11.1 Å². The van der Waals surface area contributed by atoms with Crippen molar-refractivity contribution in [2.45, 2.75) is 46.0 Å². The largest absolute Gasteiger partial charge is 0.370 e. The van der Waals surface area contributed by atoms with E-state index >= 15 is 0 Å². The standard InChI is InChI=1S/C19H32N4.HI/c1-4-23-12-9-16(10-13-23)8-11-21-19(20)22-18-7-5-6-17(14-18)15(2)3;/h5-7,14-16H,4,8-13H2,1-3H3,(H3,20,21,22);1H. The van der Waals surface area contributed by atoms with Crippen LogP contribution in [0.15, 0.2) is 29.3 Å². The summed E-state index contributed by atoms with van der Waals surface area (Å²) in [6, 6.07) is 8.39. The Hall–Kier alpha value is -0.820. The van der Waals surface area contributed by atoms with E-state index in [0.29, 0.717) is 11.9 Å². The van der Waals surface area contributed by atoms with Crippen molar-refractivity contribution in [2.24, 2.45) is 16.6 Å². The molecule has 0 radical (unpaired) electrons. The SMILES string of the molecule is CCN1CCC(CCN=C(N)Nc2cccc(C(C)C)c2)CC1.I. The molecule has 1 aliphatic heterocycles. The first kappa shape index (κ1) is 21.2. The Kier molecular flexibility index (Phi) is 9.66. The number of hydrogen-bond acceptors (Lipinski definition) is 2. The maximum atomic E-state index is 6.02. The van der Waals surface area contributed by atoms with Gasteiger partial charge in [-0.2, -0.15) is 0 Å². The highest BCUT2D eigenvalue weighted by Crippen LogP contribution is 2.20. The second kappa shape index (κ2) is 10.9. The first-order valence-corrected chi connectivity index (χ1v) is 8.97. The van der Waals surface area contributed by atoms with Crippen LogP contribution in [0.4, 0.5) is 5.69 Å². The Balaban J connectivity index is 0.00000288. The molecule has 0 spiro atoms. The number of piperidine rings is 1. The van der Waals surface area contributed by atoms with Crippen LogP contribution in [0.5, 0.6) is 0 Å². The Labute approximate surface area is 164 Å². The highest BCUT2D eigenvalue weighted by atomic mass is 127. The molecule has 136 valence electrons. The zero-order valence-electron chi connectivity index (χ0n) is 15.3. The monoisotopic (exact) mass is 444 g/mol. The van der Waals surface area contributed by atoms with E-state index in [-0.39, 0.29) is 24.0 Å². The second-order valence-electron chi connectivity index (χ2n) is 6.84. The van der Waals surface area contributed by atoms with Gasteiger partial charge in [0.25, 0.3) is 0 Å². The molecule has 0 amide bonds. The fourth-order valence-corrected chi connectivity index (χ4v) is 3.12. The van der Waals surface area contributed by atoms with Crippen molar-refractivity contribution in [1.82, 2.24) is 4.90 Å². The number of likely N-dealkylation sites (tertiary alicyclic amines) is 1. The van der Waals surface area contributed by atoms with Crippen molar-refractivity contribution in [3.8, 4) is 0 Å². The van der Waals surface area contributed by atoms with Crippen molar-refractivity contribution < 1.29 is 0 Å². The predicted octanol–water partition coefficient (Wildman–Crippen LogP) is 4.28. The number of nitrogens with one attached hydrogen (secondary N) is 1. The average Bonchev–Trinajstić information content (AvgIpc) is 2.55. The van der Waals surface area contributed by atoms with Gasteiger partial charge in [0.1, 0.15) is 0 Å². The number of hydrogen-bond donors (Lipinski definition) is 2. The highest BCUT2D eigenvalue weighted by Gasteiger charge is 2.17. The molecular weight excluding hydrogens is 411 g/mol. The molecule has 24 heavy (non-hydrogen) atoms. The summed E-state index contributed by atoms with van der Waals surface area (Å²) in [6.45, 7) is 11.1. The quantitative estimate of drug-likeness (QED) is 0.391. The smallest absolute Gasteiger partial charge is 0.193 e. The van der Waals surface area contributed by atoms with Gasteiger partial charge in [-0.05, 0) is 68.4 Å². The zero-order valence-corrected chi connectivity index (χ0v) is 17.6. The van der Waals surface area contributed by atoms with Crippen molar-refractivity contribution >= 4 is 35.6 Å². The van der Waals surface area contributed by atoms with Crippen LogP contribution in [0.3, 0.4) is 0 Å². The van der Waals surface area contributed by atoms with Gasteiger partial charge >= 0.3 is 0 Å². The van der Waals surface area contributed by atoms with Crippen molar-refractivity contribution in [2.75, 3.05) is 31.5 Å². The fourth-order valence-electron chi connectivity index (χ4n) is 3.12. The third-order valence-electron chi connectivity index (χ3n) is 4.80. The Bertz CT molecular complexity index is 508. The molecule has 1 aromatic rings. The van der Waals surface area contributed by atoms with Crippen LogP contribution in [0, 0.1) is 5.92 Å². The summed E-state index contributed by atoms with van der Waals surface area (Å²) in [6.07, 6.45) is 3.74. The number of nitrogens with two attached hydrogens (primary N) is 1. The van der Waals surface area contributed by atoms with Gasteiger partial charge in [0.2, 0.25) is 0 Å². The van der Waals surface area contributed by atoms with Crippen molar-refractivity contribution in [3.63, 3.8) is 0 Å². The van der Waals surface area contributed by atoms with E-state index in [1.165, 1.54) is 38.0 Å². The molecule has 1 heterocycles. The van der Waals surface area contributed by atoms with Gasteiger partial charge < -0.3 is 16.0 Å². The van der Waals surface area contributed by atoms with Crippen LogP contribution >= 0.6 is 24.0 Å². The Morgan fingerprint density at radius 1 is 1.33 bits per heavy atom. The third kappa shape index (κ3) is 6.97. The molecule has 0 bridgehead atoms. The number of benzene rings is 1. The van der Waals surface area contributed by atoms with E-state index in [9.17, 15) is 0 Å². The summed E-state index contributed by atoms with van der Waals surface area (Å²) in [7, 11) is 0. The van der Waals surface area contributed by atoms with E-state index < -0.39 is 0 Å². The third-order valence-corrected chi connectivity index (χ3v) is 4.80. The van der Waals surface area contributed by atoms with E-state index in [2.05, 4.69) is 54.2 Å². The molecule has 2 rings (SSSR count). The second-order valence-corrected chi connectivity index (χ2v) is 6.84. The van der Waals surface area contributed by atoms with Gasteiger partial charge in [-0.1, -0.05) is 32.9 Å². The Morgan fingerprint density at radius 2 is 2.04 bits per heavy atom. The lowest BCUT2D eigenvalue weighted by molar-refractivity contribution is 0.188. The van der Waals surface area contributed by atoms with E-state index in [1.807, 2.05) is 6.07 Å². The van der Waals surface area contributed by atoms with E-state index in [4.69, 9.17) is 5.73 Å². The summed E-state index contributed by atoms with van der Waals surface area (Å²) >= 11 is 0. The minimum absolute atomic E-state index is 0. The molecule has 0 aromatic heterocycles. The molecular formula is C19H33IN4. The number of halogens is 1. The lowest BCUT2D eigenvalue weighted by Gasteiger charge is -2.30. The molecule has 5 heteroatoms. The zero-order chi connectivity index (χ0) is 16.7. The van der Waals surface area contributed by atoms with Crippen LogP contribution in [0.2, 0.25) is 0 Å². The van der Waals surface area contributed by atoms with Crippen LogP contribution in [0.25, 0.3) is 0 Å². The number of rotatable bonds is 6. The summed E-state index contributed by atoms with van der Waals surface area (Å²) in [4.78, 5) is 7.02. The maximum absolute atomic E-state index is 6.02. The van der Waals surface area contributed by atoms with Gasteiger partial charge in [-0.25, -0.2) is 0 Å². The first-order chi connectivity index (χ1) is 11.1. The summed E-state index contributed by atoms with van der Waals surface area (Å²) in [5, 5.41) is 3.21. The van der Waals surface area contributed by atoms with Gasteiger partial charge in [0.15, 0.2) is 5.96 Å². The van der Waals surface area contributed by atoms with E-state index in [0.717, 1.165) is 24.6 Å². The average molecular weight is 444 g/mol. The summed E-state index contributed by atoms with van der Waals surface area (Å²) in [5.41, 5.74) is 8.35. The topological polar surface area (TPSA) is 53.6 Å². The molecule has 4 nitrogen and oxygen atoms in total. The van der Waals surface area contributed by atoms with Crippen molar-refractivity contribution in [3.05, 3.63) is 29.8 Å². The summed E-state index contributed by atoms with van der Waals surface area (Å²) in [5.74, 6) is 1.85. The Morgan fingerprint density at radius 3 is 2.67 bits per heavy atom. The maximum Gasteiger partial charge on any atom is 0.193 e. The van der Waals surface area contributed by atoms with Crippen LogP contribution in [-0.2, 0) is 0 Å². The number of nitrogens with zero attached hydrogens (tertiary/aromatic N) is 2. The van der Waals surface area contributed by atoms with Gasteiger partial charge in [-0.3, -0.25) is 4.99 Å². The lowest BCUT2D eigenvalue weighted by atomic mass is 9.94. The normalized spacial score (nSPS) is 16.9. The summed E-state index contributed by atoms with van der Waals surface area (Å²) < 4.78 is 0.